The fraction of sp³-hybridized carbons (Fsp3) is 0.156. The van der Waals surface area contributed by atoms with Crippen molar-refractivity contribution in [1.82, 2.24) is 9.55 Å². The monoisotopic (exact) mass is 1100 g/mol. The van der Waals surface area contributed by atoms with Gasteiger partial charge in [-0.15, -0.1) is 48.1 Å². The minimum atomic E-state index is -0.250. The van der Waals surface area contributed by atoms with Gasteiger partial charge in [-0.25, -0.2) is 4.98 Å². The third kappa shape index (κ3) is 6.97. The standard InChI is InChI=1S/C64H52N5O.Pt/c1-62(2,3)43-32-33-65-60(35-43)68-54-31-28-42(41-18-9-8-10-19-41)34-49(54)48-30-29-47(39-59(48)68)70-46-21-17-20-44(36-46)66-40-67(58-27-16-15-26-57(58)66)45-37-52-61-53(38-45)64(6,7)51-23-12-14-25-56(51)69(61)55-24-13-11-22-50(55)63(52,4)5;/h8-35,37-38,40H,1-7H3;/q-3;. The first-order chi connectivity index (χ1) is 33.8. The van der Waals surface area contributed by atoms with Crippen molar-refractivity contribution in [3.63, 3.8) is 0 Å². The number of rotatable bonds is 6. The Bertz CT molecular complexity index is 3670. The Morgan fingerprint density at radius 1 is 0.535 bits per heavy atom. The van der Waals surface area contributed by atoms with Crippen molar-refractivity contribution < 1.29 is 25.8 Å². The molecule has 3 aliphatic rings. The summed E-state index contributed by atoms with van der Waals surface area (Å²) in [5.74, 6) is 2.04. The van der Waals surface area contributed by atoms with Gasteiger partial charge in [0.05, 0.1) is 17.1 Å². The fourth-order valence-electron chi connectivity index (χ4n) is 11.3. The van der Waals surface area contributed by atoms with Crippen LogP contribution >= 0.6 is 0 Å². The maximum atomic E-state index is 6.75. The summed E-state index contributed by atoms with van der Waals surface area (Å²) in [7, 11) is 0. The van der Waals surface area contributed by atoms with Gasteiger partial charge in [-0.3, -0.25) is 0 Å². The molecule has 0 atom stereocenters. The van der Waals surface area contributed by atoms with Crippen LogP contribution in [0.2, 0.25) is 0 Å². The topological polar surface area (TPSA) is 36.8 Å². The van der Waals surface area contributed by atoms with Gasteiger partial charge in [-0.1, -0.05) is 145 Å². The maximum Gasteiger partial charge on any atom is 0.135 e. The summed E-state index contributed by atoms with van der Waals surface area (Å²) in [5.41, 5.74) is 18.2. The second-order valence-electron chi connectivity index (χ2n) is 21.0. The van der Waals surface area contributed by atoms with Crippen molar-refractivity contribution in [2.45, 2.75) is 64.7 Å². The molecule has 352 valence electrons. The summed E-state index contributed by atoms with van der Waals surface area (Å²) in [5, 5.41) is 2.21. The number of fused-ring (bicyclic) bond motifs is 8. The second kappa shape index (κ2) is 16.3. The van der Waals surface area contributed by atoms with E-state index in [1.54, 1.807) is 0 Å². The van der Waals surface area contributed by atoms with Crippen LogP contribution in [0.15, 0.2) is 182 Å². The van der Waals surface area contributed by atoms with Gasteiger partial charge in [0, 0.05) is 72.2 Å². The van der Waals surface area contributed by atoms with Crippen LogP contribution in [0.5, 0.6) is 11.5 Å². The predicted octanol–water partition coefficient (Wildman–Crippen LogP) is 16.7. The van der Waals surface area contributed by atoms with Gasteiger partial charge in [-0.2, -0.15) is 12.1 Å². The predicted molar refractivity (Wildman–Crippen MR) is 287 cm³/mol. The first kappa shape index (κ1) is 44.8. The van der Waals surface area contributed by atoms with Crippen molar-refractivity contribution in [2.75, 3.05) is 14.7 Å². The van der Waals surface area contributed by atoms with E-state index in [0.717, 1.165) is 55.9 Å². The van der Waals surface area contributed by atoms with E-state index in [-0.39, 0.29) is 37.3 Å². The number of benzene rings is 8. The molecular formula is C64H52N5OPt-3. The van der Waals surface area contributed by atoms with Gasteiger partial charge < -0.3 is 24.0 Å². The number of nitrogens with zero attached hydrogens (tertiary/aromatic N) is 5. The van der Waals surface area contributed by atoms with Crippen LogP contribution in [0.1, 0.15) is 76.3 Å². The summed E-state index contributed by atoms with van der Waals surface area (Å²) >= 11 is 0. The van der Waals surface area contributed by atoms with Crippen LogP contribution < -0.4 is 19.4 Å². The van der Waals surface area contributed by atoms with Crippen molar-refractivity contribution in [1.29, 1.82) is 0 Å². The maximum absolute atomic E-state index is 6.75. The summed E-state index contributed by atoms with van der Waals surface area (Å²) < 4.78 is 8.97. The summed E-state index contributed by atoms with van der Waals surface area (Å²) in [4.78, 5) is 12.0. The molecule has 0 fully saturated rings. The minimum absolute atomic E-state index is 0. The number of ether oxygens (including phenoxy) is 1. The molecule has 0 N–H and O–H groups in total. The Morgan fingerprint density at radius 2 is 1.15 bits per heavy atom. The molecule has 7 heteroatoms. The Hall–Kier alpha value is -7.40. The molecule has 0 amide bonds. The Balaban J connectivity index is 0.00000517. The van der Waals surface area contributed by atoms with Gasteiger partial charge in [0.25, 0.3) is 0 Å². The molecule has 0 radical (unpaired) electrons. The number of hydrogen-bond donors (Lipinski definition) is 0. The summed E-state index contributed by atoms with van der Waals surface area (Å²) in [6.07, 6.45) is 1.91. The zero-order chi connectivity index (χ0) is 47.7. The zero-order valence-corrected chi connectivity index (χ0v) is 43.1. The molecule has 2 aromatic heterocycles. The molecule has 0 saturated carbocycles. The average molecular weight is 1100 g/mol. The normalized spacial score (nSPS) is 14.9. The molecule has 6 nitrogen and oxygen atoms in total. The largest absolute Gasteiger partial charge is 0.509 e. The van der Waals surface area contributed by atoms with Crippen molar-refractivity contribution in [2.24, 2.45) is 0 Å². The van der Waals surface area contributed by atoms with Crippen molar-refractivity contribution in [3.05, 3.63) is 229 Å². The van der Waals surface area contributed by atoms with E-state index in [1.807, 2.05) is 24.4 Å². The van der Waals surface area contributed by atoms with E-state index in [4.69, 9.17) is 9.72 Å². The van der Waals surface area contributed by atoms with Gasteiger partial charge in [0.15, 0.2) is 0 Å². The third-order valence-corrected chi connectivity index (χ3v) is 15.0. The quantitative estimate of drug-likeness (QED) is 0.155. The smallest absolute Gasteiger partial charge is 0.135 e. The van der Waals surface area contributed by atoms with Crippen LogP contribution in [0, 0.1) is 18.8 Å². The molecule has 0 unspecified atom stereocenters. The third-order valence-electron chi connectivity index (χ3n) is 15.0. The van der Waals surface area contributed by atoms with Crippen LogP contribution in [-0.4, -0.2) is 9.55 Å². The van der Waals surface area contributed by atoms with Crippen LogP contribution in [0.25, 0.3) is 38.8 Å². The first-order valence-electron chi connectivity index (χ1n) is 24.3. The zero-order valence-electron chi connectivity index (χ0n) is 40.9. The molecule has 0 spiro atoms. The minimum Gasteiger partial charge on any atom is -0.509 e. The van der Waals surface area contributed by atoms with Crippen molar-refractivity contribution in [3.8, 4) is 28.4 Å². The van der Waals surface area contributed by atoms with E-state index in [1.165, 1.54) is 50.4 Å². The molecular weight excluding hydrogens is 1050 g/mol. The van der Waals surface area contributed by atoms with Gasteiger partial charge in [-0.05, 0) is 104 Å². The van der Waals surface area contributed by atoms with Crippen molar-refractivity contribution >= 4 is 61.6 Å². The van der Waals surface area contributed by atoms with Gasteiger partial charge >= 0.3 is 0 Å². The number of para-hydroxylation sites is 4. The van der Waals surface area contributed by atoms with E-state index in [9.17, 15) is 0 Å². The summed E-state index contributed by atoms with van der Waals surface area (Å²) in [6.45, 7) is 18.4. The fourth-order valence-corrected chi connectivity index (χ4v) is 11.3. The summed E-state index contributed by atoms with van der Waals surface area (Å²) in [6, 6.07) is 70.5. The first-order valence-corrected chi connectivity index (χ1v) is 24.3. The van der Waals surface area contributed by atoms with Gasteiger partial charge in [0.1, 0.15) is 5.82 Å². The Labute approximate surface area is 431 Å². The number of anilines is 7. The molecule has 13 rings (SSSR count). The molecule has 0 saturated heterocycles. The number of hydrogen-bond acceptors (Lipinski definition) is 5. The number of aromatic nitrogens is 2. The van der Waals surface area contributed by atoms with Gasteiger partial charge in [0.2, 0.25) is 0 Å². The molecule has 8 aromatic carbocycles. The molecule has 10 aromatic rings. The molecule has 5 heterocycles. The molecule has 0 aliphatic carbocycles. The van der Waals surface area contributed by atoms with E-state index in [0.29, 0.717) is 11.5 Å². The second-order valence-corrected chi connectivity index (χ2v) is 21.0. The van der Waals surface area contributed by atoms with Crippen LogP contribution in [0.4, 0.5) is 39.8 Å². The average Bonchev–Trinajstić information content (AvgIpc) is 3.92. The van der Waals surface area contributed by atoms with E-state index >= 15 is 0 Å². The SMILES string of the molecule is CC(C)(C)c1ccnc(-n2c3[c-]c(Oc4[c-]c(N5[CH-]N(c6cc7c8c(c6)C(C)(C)c6ccccc6N8c6ccccc6C7(C)C)c6ccccc65)ccc4)ccc3c3cc(-c4ccccc4)ccc32)c1.[Pt]. The van der Waals surface area contributed by atoms with E-state index < -0.39 is 0 Å². The van der Waals surface area contributed by atoms with E-state index in [2.05, 4.69) is 244 Å². The Morgan fingerprint density at radius 3 is 1.83 bits per heavy atom. The molecule has 0 bridgehead atoms. The molecule has 3 aliphatic heterocycles. The number of pyridine rings is 1. The van der Waals surface area contributed by atoms with Crippen LogP contribution in [0.3, 0.4) is 0 Å². The Kier molecular flexibility index (Phi) is 10.3. The van der Waals surface area contributed by atoms with Crippen LogP contribution in [-0.2, 0) is 37.3 Å². The molecule has 71 heavy (non-hydrogen) atoms.